The Bertz CT molecular complexity index is 179. The fourth-order valence-electron chi connectivity index (χ4n) is 2.14. The molecule has 1 rings (SSSR count). The molecule has 0 unspecified atom stereocenters. The summed E-state index contributed by atoms with van der Waals surface area (Å²) in [7, 11) is 0. The van der Waals surface area contributed by atoms with Gasteiger partial charge in [0.1, 0.15) is 0 Å². The maximum Gasteiger partial charge on any atom is 0.223 e. The second kappa shape index (κ2) is 4.12. The number of hydrogen-bond acceptors (Lipinski definition) is 1. The van der Waals surface area contributed by atoms with Crippen LogP contribution in [0.1, 0.15) is 47.0 Å². The third-order valence-corrected chi connectivity index (χ3v) is 2.82. The van der Waals surface area contributed by atoms with Crippen LogP contribution in [-0.2, 0) is 4.79 Å². The maximum absolute atomic E-state index is 11.8. The summed E-state index contributed by atoms with van der Waals surface area (Å²) in [6, 6.07) is 0.919. The zero-order chi connectivity index (χ0) is 10.0. The molecule has 2 heteroatoms. The number of rotatable bonds is 2. The van der Waals surface area contributed by atoms with Crippen LogP contribution in [0.3, 0.4) is 0 Å². The molecule has 2 nitrogen and oxygen atoms in total. The van der Waals surface area contributed by atoms with Crippen LogP contribution in [0.15, 0.2) is 0 Å². The standard InChI is InChI=1S/C11H21NO/c1-8(2)7-11(13)12-9(3)5-6-10(12)4/h8-10H,5-7H2,1-4H3/t9-,10-/m1/s1. The minimum absolute atomic E-state index is 0.340. The molecule has 1 saturated heterocycles. The lowest BCUT2D eigenvalue weighted by molar-refractivity contribution is -0.134. The van der Waals surface area contributed by atoms with Crippen LogP contribution in [0.5, 0.6) is 0 Å². The molecule has 0 aliphatic carbocycles. The first-order valence-corrected chi connectivity index (χ1v) is 5.33. The van der Waals surface area contributed by atoms with Crippen LogP contribution in [0.2, 0.25) is 0 Å². The number of carbonyl (C=O) groups is 1. The smallest absolute Gasteiger partial charge is 0.223 e. The van der Waals surface area contributed by atoms with Gasteiger partial charge in [-0.1, -0.05) is 13.8 Å². The molecule has 0 aromatic rings. The van der Waals surface area contributed by atoms with Crippen molar-refractivity contribution in [2.24, 2.45) is 5.92 Å². The largest absolute Gasteiger partial charge is 0.337 e. The van der Waals surface area contributed by atoms with E-state index in [1.807, 2.05) is 0 Å². The molecule has 0 aromatic heterocycles. The van der Waals surface area contributed by atoms with Gasteiger partial charge in [0, 0.05) is 18.5 Å². The Balaban J connectivity index is 2.54. The topological polar surface area (TPSA) is 20.3 Å². The first kappa shape index (κ1) is 10.6. The monoisotopic (exact) mass is 183 g/mol. The predicted octanol–water partition coefficient (Wildman–Crippen LogP) is 2.43. The first-order valence-electron chi connectivity index (χ1n) is 5.33. The summed E-state index contributed by atoms with van der Waals surface area (Å²) in [6.45, 7) is 8.51. The van der Waals surface area contributed by atoms with E-state index >= 15 is 0 Å². The van der Waals surface area contributed by atoms with Crippen molar-refractivity contribution in [2.75, 3.05) is 0 Å². The highest BCUT2D eigenvalue weighted by atomic mass is 16.2. The van der Waals surface area contributed by atoms with Gasteiger partial charge in [0.2, 0.25) is 5.91 Å². The van der Waals surface area contributed by atoms with E-state index < -0.39 is 0 Å². The van der Waals surface area contributed by atoms with E-state index in [0.29, 0.717) is 30.3 Å². The molecule has 0 N–H and O–H groups in total. The van der Waals surface area contributed by atoms with E-state index in [4.69, 9.17) is 0 Å². The highest BCUT2D eigenvalue weighted by Gasteiger charge is 2.30. The molecular weight excluding hydrogens is 162 g/mol. The molecule has 76 valence electrons. The van der Waals surface area contributed by atoms with Gasteiger partial charge < -0.3 is 4.90 Å². The van der Waals surface area contributed by atoms with Crippen LogP contribution in [0.25, 0.3) is 0 Å². The Kier molecular flexibility index (Phi) is 3.34. The van der Waals surface area contributed by atoms with Gasteiger partial charge in [-0.25, -0.2) is 0 Å². The lowest BCUT2D eigenvalue weighted by Crippen LogP contribution is -2.38. The molecule has 13 heavy (non-hydrogen) atoms. The molecule has 1 aliphatic rings. The summed E-state index contributed by atoms with van der Waals surface area (Å²) in [5.41, 5.74) is 0. The fraction of sp³-hybridized carbons (Fsp3) is 0.909. The van der Waals surface area contributed by atoms with Crippen molar-refractivity contribution in [2.45, 2.75) is 59.0 Å². The van der Waals surface area contributed by atoms with Crippen molar-refractivity contribution in [1.82, 2.24) is 4.90 Å². The third-order valence-electron chi connectivity index (χ3n) is 2.82. The van der Waals surface area contributed by atoms with Gasteiger partial charge in [0.05, 0.1) is 0 Å². The summed E-state index contributed by atoms with van der Waals surface area (Å²) in [5, 5.41) is 0. The number of carbonyl (C=O) groups excluding carboxylic acids is 1. The number of hydrogen-bond donors (Lipinski definition) is 0. The van der Waals surface area contributed by atoms with Gasteiger partial charge in [-0.2, -0.15) is 0 Å². The summed E-state index contributed by atoms with van der Waals surface area (Å²) >= 11 is 0. The van der Waals surface area contributed by atoms with Crippen LogP contribution < -0.4 is 0 Å². The Morgan fingerprint density at radius 2 is 1.77 bits per heavy atom. The average molecular weight is 183 g/mol. The fourth-order valence-corrected chi connectivity index (χ4v) is 2.14. The van der Waals surface area contributed by atoms with E-state index in [-0.39, 0.29) is 0 Å². The van der Waals surface area contributed by atoms with Gasteiger partial charge in [-0.15, -0.1) is 0 Å². The SMILES string of the molecule is CC(C)CC(=O)N1[C@H](C)CC[C@H]1C. The quantitative estimate of drug-likeness (QED) is 0.644. The molecule has 1 fully saturated rings. The summed E-state index contributed by atoms with van der Waals surface area (Å²) in [5.74, 6) is 0.819. The summed E-state index contributed by atoms with van der Waals surface area (Å²) in [4.78, 5) is 13.9. The molecule has 0 saturated carbocycles. The highest BCUT2D eigenvalue weighted by molar-refractivity contribution is 5.77. The zero-order valence-electron chi connectivity index (χ0n) is 9.21. The van der Waals surface area contributed by atoms with E-state index in [0.717, 1.165) is 0 Å². The number of likely N-dealkylation sites (tertiary alicyclic amines) is 1. The molecule has 1 amide bonds. The van der Waals surface area contributed by atoms with Gasteiger partial charge in [-0.3, -0.25) is 4.79 Å². The molecule has 1 aliphatic heterocycles. The minimum Gasteiger partial charge on any atom is -0.337 e. The van der Waals surface area contributed by atoms with E-state index in [2.05, 4.69) is 32.6 Å². The highest BCUT2D eigenvalue weighted by Crippen LogP contribution is 2.24. The van der Waals surface area contributed by atoms with Gasteiger partial charge in [-0.05, 0) is 32.6 Å². The van der Waals surface area contributed by atoms with Crippen molar-refractivity contribution in [3.05, 3.63) is 0 Å². The predicted molar refractivity (Wildman–Crippen MR) is 54.5 cm³/mol. The molecule has 0 radical (unpaired) electrons. The van der Waals surface area contributed by atoms with Crippen LogP contribution in [0.4, 0.5) is 0 Å². The Labute approximate surface area is 81.3 Å². The van der Waals surface area contributed by atoms with Crippen molar-refractivity contribution in [3.63, 3.8) is 0 Å². The molecule has 0 spiro atoms. The first-order chi connectivity index (χ1) is 6.02. The Hall–Kier alpha value is -0.530. The molecule has 0 bridgehead atoms. The van der Waals surface area contributed by atoms with E-state index in [1.54, 1.807) is 0 Å². The lowest BCUT2D eigenvalue weighted by atomic mass is 10.1. The average Bonchev–Trinajstić information content (AvgIpc) is 2.29. The van der Waals surface area contributed by atoms with E-state index in [9.17, 15) is 4.79 Å². The minimum atomic E-state index is 0.340. The van der Waals surface area contributed by atoms with Crippen molar-refractivity contribution < 1.29 is 4.79 Å². The van der Waals surface area contributed by atoms with Gasteiger partial charge >= 0.3 is 0 Å². The molecule has 2 atom stereocenters. The Morgan fingerprint density at radius 3 is 2.15 bits per heavy atom. The van der Waals surface area contributed by atoms with Gasteiger partial charge in [0.15, 0.2) is 0 Å². The second-order valence-corrected chi connectivity index (χ2v) is 4.67. The molecule has 1 heterocycles. The number of amides is 1. The normalized spacial score (nSPS) is 28.5. The zero-order valence-corrected chi connectivity index (χ0v) is 9.21. The van der Waals surface area contributed by atoms with Crippen molar-refractivity contribution in [3.8, 4) is 0 Å². The molecule has 0 aromatic carbocycles. The van der Waals surface area contributed by atoms with Gasteiger partial charge in [0.25, 0.3) is 0 Å². The van der Waals surface area contributed by atoms with Crippen molar-refractivity contribution in [1.29, 1.82) is 0 Å². The van der Waals surface area contributed by atoms with Crippen LogP contribution >= 0.6 is 0 Å². The van der Waals surface area contributed by atoms with E-state index in [1.165, 1.54) is 12.8 Å². The Morgan fingerprint density at radius 1 is 1.31 bits per heavy atom. The third kappa shape index (κ3) is 2.45. The summed E-state index contributed by atoms with van der Waals surface area (Å²) < 4.78 is 0. The van der Waals surface area contributed by atoms with Crippen LogP contribution in [-0.4, -0.2) is 22.9 Å². The van der Waals surface area contributed by atoms with Crippen LogP contribution in [0, 0.1) is 5.92 Å². The lowest BCUT2D eigenvalue weighted by Gasteiger charge is -2.27. The summed E-state index contributed by atoms with van der Waals surface area (Å²) in [6.07, 6.45) is 3.05. The maximum atomic E-state index is 11.8. The number of nitrogens with zero attached hydrogens (tertiary/aromatic N) is 1. The second-order valence-electron chi connectivity index (χ2n) is 4.67. The molecular formula is C11H21NO. The van der Waals surface area contributed by atoms with Crippen molar-refractivity contribution >= 4 is 5.91 Å².